The van der Waals surface area contributed by atoms with Gasteiger partial charge in [0.15, 0.2) is 0 Å². The Labute approximate surface area is 145 Å². The molecule has 1 aromatic heterocycles. The summed E-state index contributed by atoms with van der Waals surface area (Å²) in [6, 6.07) is 15.7. The van der Waals surface area contributed by atoms with Crippen molar-refractivity contribution in [3.63, 3.8) is 0 Å². The summed E-state index contributed by atoms with van der Waals surface area (Å²) < 4.78 is 0. The standard InChI is InChI=1S/C20H18N4O/c21-20(25)15-6-7-18-19(10-15)23-12-16-14(4-1-5-17(16)24-18)9-13-3-2-8-22-11-13/h1-8,10-11,23-24H,9,12H2,(H2,21,25). The molecule has 5 heteroatoms. The molecule has 0 aliphatic carbocycles. The number of hydrogen-bond acceptors (Lipinski definition) is 4. The van der Waals surface area contributed by atoms with Crippen LogP contribution in [0.25, 0.3) is 0 Å². The summed E-state index contributed by atoms with van der Waals surface area (Å²) >= 11 is 0. The molecule has 0 radical (unpaired) electrons. The predicted octanol–water partition coefficient (Wildman–Crippen LogP) is 3.44. The molecule has 0 saturated carbocycles. The lowest BCUT2D eigenvalue weighted by molar-refractivity contribution is 0.100. The summed E-state index contributed by atoms with van der Waals surface area (Å²) in [6.07, 6.45) is 4.50. The first-order valence-corrected chi connectivity index (χ1v) is 8.15. The number of aromatic nitrogens is 1. The fraction of sp³-hybridized carbons (Fsp3) is 0.100. The van der Waals surface area contributed by atoms with E-state index in [1.54, 1.807) is 18.3 Å². The lowest BCUT2D eigenvalue weighted by Gasteiger charge is -2.13. The maximum atomic E-state index is 11.4. The van der Waals surface area contributed by atoms with E-state index in [0.29, 0.717) is 12.1 Å². The van der Waals surface area contributed by atoms with Crippen molar-refractivity contribution in [2.24, 2.45) is 5.73 Å². The molecule has 0 bridgehead atoms. The van der Waals surface area contributed by atoms with Crippen molar-refractivity contribution in [2.75, 3.05) is 10.6 Å². The van der Waals surface area contributed by atoms with E-state index in [2.05, 4.69) is 39.9 Å². The molecule has 1 aliphatic heterocycles. The van der Waals surface area contributed by atoms with Gasteiger partial charge in [0.2, 0.25) is 5.91 Å². The number of rotatable bonds is 3. The van der Waals surface area contributed by atoms with E-state index in [-0.39, 0.29) is 0 Å². The molecule has 124 valence electrons. The van der Waals surface area contributed by atoms with E-state index < -0.39 is 5.91 Å². The van der Waals surface area contributed by atoms with Crippen LogP contribution < -0.4 is 16.4 Å². The SMILES string of the molecule is NC(=O)c1ccc2c(c1)NCc1c(Cc3cccnc3)cccc1N2. The van der Waals surface area contributed by atoms with Crippen LogP contribution in [0, 0.1) is 0 Å². The summed E-state index contributed by atoms with van der Waals surface area (Å²) in [5.74, 6) is -0.427. The Bertz CT molecular complexity index is 938. The summed E-state index contributed by atoms with van der Waals surface area (Å²) in [5, 5.41) is 6.88. The molecule has 0 saturated heterocycles. The average molecular weight is 330 g/mol. The third-order valence-corrected chi connectivity index (χ3v) is 4.42. The van der Waals surface area contributed by atoms with Crippen LogP contribution in [-0.4, -0.2) is 10.9 Å². The highest BCUT2D eigenvalue weighted by atomic mass is 16.1. The molecule has 4 N–H and O–H groups in total. The summed E-state index contributed by atoms with van der Waals surface area (Å²) in [4.78, 5) is 15.6. The molecule has 3 aromatic rings. The van der Waals surface area contributed by atoms with Gasteiger partial charge in [-0.1, -0.05) is 18.2 Å². The minimum absolute atomic E-state index is 0.427. The number of nitrogens with two attached hydrogens (primary N) is 1. The summed E-state index contributed by atoms with van der Waals surface area (Å²) in [5.41, 5.74) is 12.4. The smallest absolute Gasteiger partial charge is 0.248 e. The predicted molar refractivity (Wildman–Crippen MR) is 99.1 cm³/mol. The largest absolute Gasteiger partial charge is 0.379 e. The molecule has 0 atom stereocenters. The highest BCUT2D eigenvalue weighted by Crippen LogP contribution is 2.34. The summed E-state index contributed by atoms with van der Waals surface area (Å²) in [7, 11) is 0. The second kappa shape index (κ2) is 6.28. The molecular formula is C20H18N4O. The molecule has 0 fully saturated rings. The average Bonchev–Trinajstić information content (AvgIpc) is 2.81. The van der Waals surface area contributed by atoms with Gasteiger partial charge in [0.05, 0.1) is 11.4 Å². The fourth-order valence-corrected chi connectivity index (χ4v) is 3.13. The van der Waals surface area contributed by atoms with Crippen molar-refractivity contribution in [3.8, 4) is 0 Å². The zero-order valence-electron chi connectivity index (χ0n) is 13.6. The first-order valence-electron chi connectivity index (χ1n) is 8.15. The molecule has 1 aliphatic rings. The van der Waals surface area contributed by atoms with E-state index >= 15 is 0 Å². The normalized spacial score (nSPS) is 12.2. The van der Waals surface area contributed by atoms with Gasteiger partial charge in [0.25, 0.3) is 0 Å². The molecule has 5 nitrogen and oxygen atoms in total. The fourth-order valence-electron chi connectivity index (χ4n) is 3.13. The van der Waals surface area contributed by atoms with Gasteiger partial charge < -0.3 is 16.4 Å². The number of amides is 1. The molecule has 1 amide bonds. The molecular weight excluding hydrogens is 312 g/mol. The number of pyridine rings is 1. The molecule has 2 aromatic carbocycles. The highest BCUT2D eigenvalue weighted by molar-refractivity contribution is 5.95. The zero-order valence-corrected chi connectivity index (χ0v) is 13.6. The van der Waals surface area contributed by atoms with Crippen LogP contribution in [0.4, 0.5) is 17.1 Å². The Balaban J connectivity index is 1.69. The van der Waals surface area contributed by atoms with Crippen molar-refractivity contribution >= 4 is 23.0 Å². The second-order valence-electron chi connectivity index (χ2n) is 6.08. The number of fused-ring (bicyclic) bond motifs is 2. The van der Waals surface area contributed by atoms with E-state index in [4.69, 9.17) is 5.73 Å². The third-order valence-electron chi connectivity index (χ3n) is 4.42. The van der Waals surface area contributed by atoms with E-state index in [1.807, 2.05) is 18.3 Å². The van der Waals surface area contributed by atoms with Crippen LogP contribution in [0.5, 0.6) is 0 Å². The summed E-state index contributed by atoms with van der Waals surface area (Å²) in [6.45, 7) is 0.675. The zero-order chi connectivity index (χ0) is 17.2. The first-order chi connectivity index (χ1) is 12.2. The second-order valence-corrected chi connectivity index (χ2v) is 6.08. The Morgan fingerprint density at radius 2 is 2.00 bits per heavy atom. The Morgan fingerprint density at radius 1 is 1.08 bits per heavy atom. The number of carbonyl (C=O) groups excluding carboxylic acids is 1. The van der Waals surface area contributed by atoms with Crippen LogP contribution in [0.15, 0.2) is 60.9 Å². The van der Waals surface area contributed by atoms with E-state index in [9.17, 15) is 4.79 Å². The van der Waals surface area contributed by atoms with Crippen molar-refractivity contribution in [1.29, 1.82) is 0 Å². The van der Waals surface area contributed by atoms with Gasteiger partial charge in [-0.25, -0.2) is 0 Å². The minimum atomic E-state index is -0.427. The van der Waals surface area contributed by atoms with Gasteiger partial charge in [-0.05, 0) is 53.4 Å². The van der Waals surface area contributed by atoms with Crippen LogP contribution >= 0.6 is 0 Å². The van der Waals surface area contributed by atoms with Crippen LogP contribution in [0.1, 0.15) is 27.0 Å². The van der Waals surface area contributed by atoms with Gasteiger partial charge in [0.1, 0.15) is 0 Å². The van der Waals surface area contributed by atoms with Crippen LogP contribution in [0.3, 0.4) is 0 Å². The highest BCUT2D eigenvalue weighted by Gasteiger charge is 2.16. The van der Waals surface area contributed by atoms with Gasteiger partial charge in [-0.2, -0.15) is 0 Å². The Morgan fingerprint density at radius 3 is 2.80 bits per heavy atom. The van der Waals surface area contributed by atoms with Crippen LogP contribution in [-0.2, 0) is 13.0 Å². The number of nitrogens with zero attached hydrogens (tertiary/aromatic N) is 1. The van der Waals surface area contributed by atoms with Gasteiger partial charge in [0, 0.05) is 30.2 Å². The van der Waals surface area contributed by atoms with Crippen LogP contribution in [0.2, 0.25) is 0 Å². The molecule has 25 heavy (non-hydrogen) atoms. The minimum Gasteiger partial charge on any atom is -0.379 e. The Hall–Kier alpha value is -3.34. The van der Waals surface area contributed by atoms with Crippen molar-refractivity contribution < 1.29 is 4.79 Å². The number of carbonyl (C=O) groups is 1. The Kier molecular flexibility index (Phi) is 3.82. The lowest BCUT2D eigenvalue weighted by Crippen LogP contribution is -2.11. The number of nitrogens with one attached hydrogen (secondary N) is 2. The topological polar surface area (TPSA) is 80.0 Å². The van der Waals surface area contributed by atoms with Gasteiger partial charge in [-0.15, -0.1) is 0 Å². The monoisotopic (exact) mass is 330 g/mol. The van der Waals surface area contributed by atoms with Crippen molar-refractivity contribution in [2.45, 2.75) is 13.0 Å². The third kappa shape index (κ3) is 3.04. The number of benzene rings is 2. The maximum Gasteiger partial charge on any atom is 0.248 e. The molecule has 4 rings (SSSR count). The van der Waals surface area contributed by atoms with Gasteiger partial charge >= 0.3 is 0 Å². The molecule has 0 unspecified atom stereocenters. The number of anilines is 3. The van der Waals surface area contributed by atoms with Crippen molar-refractivity contribution in [3.05, 3.63) is 83.2 Å². The maximum absolute atomic E-state index is 11.4. The van der Waals surface area contributed by atoms with Gasteiger partial charge in [-0.3, -0.25) is 9.78 Å². The quantitative estimate of drug-likeness (QED) is 0.687. The number of hydrogen-bond donors (Lipinski definition) is 3. The molecule has 2 heterocycles. The van der Waals surface area contributed by atoms with Crippen molar-refractivity contribution in [1.82, 2.24) is 4.98 Å². The lowest BCUT2D eigenvalue weighted by atomic mass is 9.99. The molecule has 0 spiro atoms. The van der Waals surface area contributed by atoms with E-state index in [0.717, 1.165) is 23.5 Å². The first kappa shape index (κ1) is 15.2. The van der Waals surface area contributed by atoms with E-state index in [1.165, 1.54) is 16.7 Å². The number of primary amides is 1.